The molecule has 2 N–H and O–H groups in total. The van der Waals surface area contributed by atoms with Crippen LogP contribution in [0, 0.1) is 0 Å². The molecule has 0 aromatic carbocycles. The molecule has 0 radical (unpaired) electrons. The van der Waals surface area contributed by atoms with E-state index in [0.29, 0.717) is 13.0 Å². The lowest BCUT2D eigenvalue weighted by Crippen LogP contribution is -2.68. The van der Waals surface area contributed by atoms with Crippen LogP contribution in [0.25, 0.3) is 0 Å². The summed E-state index contributed by atoms with van der Waals surface area (Å²) >= 11 is 1.60. The van der Waals surface area contributed by atoms with Crippen molar-refractivity contribution in [2.45, 2.75) is 18.9 Å². The van der Waals surface area contributed by atoms with Gasteiger partial charge in [-0.1, -0.05) is 6.07 Å². The molecule has 150 valence electrons. The summed E-state index contributed by atoms with van der Waals surface area (Å²) in [6, 6.07) is 3.91. The maximum Gasteiger partial charge on any atom is 0.247 e. The van der Waals surface area contributed by atoms with Crippen LogP contribution in [0.15, 0.2) is 17.5 Å². The van der Waals surface area contributed by atoms with Gasteiger partial charge in [0.1, 0.15) is 5.54 Å². The number of carbonyl (C=O) groups excluding carboxylic acids is 3. The lowest BCUT2D eigenvalue weighted by molar-refractivity contribution is -0.150. The highest BCUT2D eigenvalue weighted by atomic mass is 32.2. The topological polar surface area (TPSA) is 116 Å². The van der Waals surface area contributed by atoms with Crippen molar-refractivity contribution in [2.75, 3.05) is 39.5 Å². The van der Waals surface area contributed by atoms with Crippen molar-refractivity contribution < 1.29 is 22.8 Å². The lowest BCUT2D eigenvalue weighted by atomic mass is 9.96. The van der Waals surface area contributed by atoms with E-state index in [1.807, 2.05) is 17.5 Å². The molecule has 27 heavy (non-hydrogen) atoms. The van der Waals surface area contributed by atoms with E-state index in [1.165, 1.54) is 18.9 Å². The van der Waals surface area contributed by atoms with Gasteiger partial charge < -0.3 is 15.5 Å². The summed E-state index contributed by atoms with van der Waals surface area (Å²) in [4.78, 5) is 39.0. The maximum absolute atomic E-state index is 12.6. The molecule has 3 amide bonds. The second-order valence-electron chi connectivity index (χ2n) is 6.62. The molecular weight excluding hydrogens is 392 g/mol. The van der Waals surface area contributed by atoms with Crippen molar-refractivity contribution in [1.29, 1.82) is 0 Å². The number of carbonyl (C=O) groups is 3. The van der Waals surface area contributed by atoms with E-state index in [0.717, 1.165) is 15.4 Å². The van der Waals surface area contributed by atoms with Gasteiger partial charge in [-0.15, -0.1) is 11.3 Å². The van der Waals surface area contributed by atoms with Gasteiger partial charge in [0.25, 0.3) is 0 Å². The average molecular weight is 417 g/mol. The van der Waals surface area contributed by atoms with Crippen LogP contribution in [-0.4, -0.2) is 80.4 Å². The number of nitrogens with one attached hydrogen (secondary N) is 2. The van der Waals surface area contributed by atoms with Gasteiger partial charge in [0.15, 0.2) is 0 Å². The zero-order valence-corrected chi connectivity index (χ0v) is 17.2. The number of likely N-dealkylation sites (N-methyl/N-ethyl adjacent to an activating group) is 1. The SMILES string of the molecule is CN1C(=O)CN(S(C)(=O)=O)CC1(C)C(=O)NCC(=O)NCCc1cccs1. The highest BCUT2D eigenvalue weighted by molar-refractivity contribution is 7.88. The standard InChI is InChI=1S/C16H24N4O5S2/c1-16(11-20(27(3,24)25)10-14(22)19(16)2)15(23)18-9-13(21)17-7-6-12-5-4-8-26-12/h4-5,8H,6-7,9-11H2,1-3H3,(H,17,21)(H,18,23). The summed E-state index contributed by atoms with van der Waals surface area (Å²) in [7, 11) is -2.18. The minimum Gasteiger partial charge on any atom is -0.354 e. The Bertz CT molecular complexity index is 809. The first kappa shape index (κ1) is 21.3. The van der Waals surface area contributed by atoms with Crippen LogP contribution >= 0.6 is 11.3 Å². The van der Waals surface area contributed by atoms with Gasteiger partial charge in [-0.05, 0) is 24.8 Å². The number of sulfonamides is 1. The van der Waals surface area contributed by atoms with E-state index < -0.39 is 27.4 Å². The fourth-order valence-corrected chi connectivity index (χ4v) is 4.23. The van der Waals surface area contributed by atoms with Crippen molar-refractivity contribution in [3.05, 3.63) is 22.4 Å². The highest BCUT2D eigenvalue weighted by Gasteiger charge is 2.47. The van der Waals surface area contributed by atoms with Crippen LogP contribution in [-0.2, 0) is 30.8 Å². The third-order valence-corrected chi connectivity index (χ3v) is 6.68. The summed E-state index contributed by atoms with van der Waals surface area (Å²) in [5, 5.41) is 7.16. The van der Waals surface area contributed by atoms with E-state index in [2.05, 4.69) is 10.6 Å². The third kappa shape index (κ3) is 5.27. The number of amides is 3. The number of hydrogen-bond acceptors (Lipinski definition) is 6. The van der Waals surface area contributed by atoms with Crippen LogP contribution in [0.3, 0.4) is 0 Å². The van der Waals surface area contributed by atoms with E-state index in [9.17, 15) is 22.8 Å². The summed E-state index contributed by atoms with van der Waals surface area (Å²) in [5.74, 6) is -1.42. The smallest absolute Gasteiger partial charge is 0.247 e. The van der Waals surface area contributed by atoms with Gasteiger partial charge in [0.2, 0.25) is 27.7 Å². The Balaban J connectivity index is 1.90. The Hall–Kier alpha value is -1.98. The largest absolute Gasteiger partial charge is 0.354 e. The molecule has 2 rings (SSSR count). The fraction of sp³-hybridized carbons (Fsp3) is 0.562. The second kappa shape index (κ2) is 8.36. The zero-order chi connectivity index (χ0) is 20.2. The molecule has 0 bridgehead atoms. The Morgan fingerprint density at radius 1 is 1.33 bits per heavy atom. The molecule has 1 saturated heterocycles. The number of nitrogens with zero attached hydrogens (tertiary/aromatic N) is 2. The van der Waals surface area contributed by atoms with E-state index >= 15 is 0 Å². The van der Waals surface area contributed by atoms with Crippen molar-refractivity contribution in [1.82, 2.24) is 19.8 Å². The summed E-state index contributed by atoms with van der Waals surface area (Å²) in [5.41, 5.74) is -1.39. The normalized spacial score (nSPS) is 21.1. The van der Waals surface area contributed by atoms with E-state index in [-0.39, 0.29) is 25.5 Å². The van der Waals surface area contributed by atoms with Crippen molar-refractivity contribution in [3.63, 3.8) is 0 Å². The Morgan fingerprint density at radius 3 is 2.63 bits per heavy atom. The number of thiophene rings is 1. The molecule has 9 nitrogen and oxygen atoms in total. The first-order valence-corrected chi connectivity index (χ1v) is 11.1. The van der Waals surface area contributed by atoms with Crippen molar-refractivity contribution in [3.8, 4) is 0 Å². The van der Waals surface area contributed by atoms with Crippen molar-refractivity contribution in [2.24, 2.45) is 0 Å². The molecule has 1 fully saturated rings. The highest BCUT2D eigenvalue weighted by Crippen LogP contribution is 2.22. The monoisotopic (exact) mass is 416 g/mol. The van der Waals surface area contributed by atoms with Gasteiger partial charge in [0.05, 0.1) is 19.3 Å². The Kier molecular flexibility index (Phi) is 6.60. The predicted octanol–water partition coefficient (Wildman–Crippen LogP) is -0.985. The van der Waals surface area contributed by atoms with E-state index in [1.54, 1.807) is 11.3 Å². The summed E-state index contributed by atoms with van der Waals surface area (Å²) in [6.45, 7) is 1.21. The zero-order valence-electron chi connectivity index (χ0n) is 15.5. The van der Waals surface area contributed by atoms with Gasteiger partial charge in [0, 0.05) is 25.0 Å². The van der Waals surface area contributed by atoms with Crippen molar-refractivity contribution >= 4 is 39.1 Å². The molecular formula is C16H24N4O5S2. The van der Waals surface area contributed by atoms with Crippen LogP contribution in [0.1, 0.15) is 11.8 Å². The van der Waals surface area contributed by atoms with Gasteiger partial charge in [-0.3, -0.25) is 14.4 Å². The van der Waals surface area contributed by atoms with Crippen LogP contribution in [0.2, 0.25) is 0 Å². The molecule has 1 aliphatic heterocycles. The quantitative estimate of drug-likeness (QED) is 0.592. The van der Waals surface area contributed by atoms with Crippen LogP contribution in [0.5, 0.6) is 0 Å². The van der Waals surface area contributed by atoms with Gasteiger partial charge >= 0.3 is 0 Å². The molecule has 1 atom stereocenters. The second-order valence-corrected chi connectivity index (χ2v) is 9.63. The minimum atomic E-state index is -3.62. The number of rotatable bonds is 7. The van der Waals surface area contributed by atoms with Gasteiger partial charge in [-0.25, -0.2) is 8.42 Å². The molecule has 0 saturated carbocycles. The predicted molar refractivity (Wildman–Crippen MR) is 102 cm³/mol. The molecule has 1 aromatic heterocycles. The Morgan fingerprint density at radius 2 is 2.04 bits per heavy atom. The molecule has 1 unspecified atom stereocenters. The Labute approximate surface area is 162 Å². The minimum absolute atomic E-state index is 0.167. The van der Waals surface area contributed by atoms with E-state index in [4.69, 9.17) is 0 Å². The van der Waals surface area contributed by atoms with Gasteiger partial charge in [-0.2, -0.15) is 4.31 Å². The third-order valence-electron chi connectivity index (χ3n) is 4.55. The van der Waals surface area contributed by atoms with Crippen LogP contribution in [0.4, 0.5) is 0 Å². The summed E-state index contributed by atoms with van der Waals surface area (Å²) in [6.07, 6.45) is 1.70. The molecule has 0 aliphatic carbocycles. The number of piperazine rings is 1. The average Bonchev–Trinajstić information content (AvgIpc) is 3.09. The molecule has 1 aliphatic rings. The molecule has 11 heteroatoms. The summed E-state index contributed by atoms with van der Waals surface area (Å²) < 4.78 is 24.6. The first-order valence-electron chi connectivity index (χ1n) is 8.33. The lowest BCUT2D eigenvalue weighted by Gasteiger charge is -2.44. The fourth-order valence-electron chi connectivity index (χ4n) is 2.69. The number of hydrogen-bond donors (Lipinski definition) is 2. The molecule has 0 spiro atoms. The first-order chi connectivity index (χ1) is 12.5. The maximum atomic E-state index is 12.6. The van der Waals surface area contributed by atoms with Crippen LogP contribution < -0.4 is 10.6 Å². The molecule has 1 aromatic rings. The molecule has 2 heterocycles.